The van der Waals surface area contributed by atoms with Gasteiger partial charge < -0.3 is 14.4 Å². The first kappa shape index (κ1) is 19.5. The molecule has 5 nitrogen and oxygen atoms in total. The van der Waals surface area contributed by atoms with Crippen molar-refractivity contribution in [3.8, 4) is 11.5 Å². The summed E-state index contributed by atoms with van der Waals surface area (Å²) in [6.07, 6.45) is 0. The number of hydrogen-bond donors (Lipinski definition) is 0. The van der Waals surface area contributed by atoms with Gasteiger partial charge in [0.15, 0.2) is 18.1 Å². The molecule has 1 aliphatic heterocycles. The fourth-order valence-electron chi connectivity index (χ4n) is 3.17. The number of piperazine rings is 1. The fraction of sp³-hybridized carbons (Fsp3) is 0.381. The number of ether oxygens (including phenoxy) is 2. The molecular formula is C21H25ClN2O3. The molecule has 1 saturated heterocycles. The fourth-order valence-corrected chi connectivity index (χ4v) is 3.39. The van der Waals surface area contributed by atoms with Gasteiger partial charge in [0.05, 0.1) is 7.11 Å². The van der Waals surface area contributed by atoms with Crippen molar-refractivity contribution in [3.05, 3.63) is 58.6 Å². The van der Waals surface area contributed by atoms with E-state index in [4.69, 9.17) is 21.1 Å². The minimum atomic E-state index is 0.0000311. The molecule has 27 heavy (non-hydrogen) atoms. The molecule has 0 unspecified atom stereocenters. The van der Waals surface area contributed by atoms with Crippen LogP contribution in [0.25, 0.3) is 0 Å². The lowest BCUT2D eigenvalue weighted by Crippen LogP contribution is -2.49. The van der Waals surface area contributed by atoms with Gasteiger partial charge >= 0.3 is 0 Å². The van der Waals surface area contributed by atoms with E-state index in [1.807, 2.05) is 48.2 Å². The van der Waals surface area contributed by atoms with Gasteiger partial charge in [-0.25, -0.2) is 0 Å². The summed E-state index contributed by atoms with van der Waals surface area (Å²) >= 11 is 6.05. The highest BCUT2D eigenvalue weighted by Gasteiger charge is 2.21. The van der Waals surface area contributed by atoms with Gasteiger partial charge in [-0.05, 0) is 42.3 Å². The Morgan fingerprint density at radius 1 is 1.07 bits per heavy atom. The molecule has 3 rings (SSSR count). The van der Waals surface area contributed by atoms with E-state index in [2.05, 4.69) is 11.0 Å². The van der Waals surface area contributed by atoms with Gasteiger partial charge in [-0.2, -0.15) is 0 Å². The standard InChI is InChI=1S/C21H25ClN2O3/c1-16-6-7-19(20(12-16)26-2)27-15-21(25)24-10-8-23(9-11-24)14-17-4-3-5-18(22)13-17/h3-7,12-13H,8-11,14-15H2,1-2H3. The molecule has 0 radical (unpaired) electrons. The third kappa shape index (κ3) is 5.37. The van der Waals surface area contributed by atoms with E-state index in [9.17, 15) is 4.79 Å². The first-order chi connectivity index (χ1) is 13.0. The Hall–Kier alpha value is -2.24. The van der Waals surface area contributed by atoms with Gasteiger partial charge in [0.1, 0.15) is 0 Å². The molecule has 1 amide bonds. The Balaban J connectivity index is 1.47. The zero-order valence-corrected chi connectivity index (χ0v) is 16.5. The Morgan fingerprint density at radius 2 is 1.85 bits per heavy atom. The molecule has 0 spiro atoms. The summed E-state index contributed by atoms with van der Waals surface area (Å²) < 4.78 is 11.0. The molecule has 0 aromatic heterocycles. The number of rotatable bonds is 6. The lowest BCUT2D eigenvalue weighted by molar-refractivity contribution is -0.135. The molecule has 2 aromatic rings. The maximum absolute atomic E-state index is 12.5. The number of carbonyl (C=O) groups excluding carboxylic acids is 1. The van der Waals surface area contributed by atoms with Crippen LogP contribution in [0.15, 0.2) is 42.5 Å². The smallest absolute Gasteiger partial charge is 0.260 e. The highest BCUT2D eigenvalue weighted by atomic mass is 35.5. The monoisotopic (exact) mass is 388 g/mol. The van der Waals surface area contributed by atoms with Crippen LogP contribution in [0.1, 0.15) is 11.1 Å². The molecule has 2 aromatic carbocycles. The number of amides is 1. The molecule has 1 heterocycles. The lowest BCUT2D eigenvalue weighted by atomic mass is 10.2. The number of methoxy groups -OCH3 is 1. The van der Waals surface area contributed by atoms with Crippen LogP contribution in [0.2, 0.25) is 5.02 Å². The van der Waals surface area contributed by atoms with E-state index in [1.54, 1.807) is 7.11 Å². The third-order valence-corrected chi connectivity index (χ3v) is 4.93. The predicted octanol–water partition coefficient (Wildman–Crippen LogP) is 3.38. The molecule has 1 aliphatic rings. The molecular weight excluding hydrogens is 364 g/mol. The van der Waals surface area contributed by atoms with Crippen LogP contribution in [0, 0.1) is 6.92 Å². The van der Waals surface area contributed by atoms with Crippen LogP contribution in [0.5, 0.6) is 11.5 Å². The van der Waals surface area contributed by atoms with Crippen molar-refractivity contribution in [1.29, 1.82) is 0 Å². The SMILES string of the molecule is COc1cc(C)ccc1OCC(=O)N1CCN(Cc2cccc(Cl)c2)CC1. The quantitative estimate of drug-likeness (QED) is 0.760. The van der Waals surface area contributed by atoms with Gasteiger partial charge in [0.25, 0.3) is 5.91 Å². The van der Waals surface area contributed by atoms with E-state index >= 15 is 0 Å². The Morgan fingerprint density at radius 3 is 2.56 bits per heavy atom. The molecule has 0 N–H and O–H groups in total. The molecule has 0 bridgehead atoms. The summed E-state index contributed by atoms with van der Waals surface area (Å²) in [5.74, 6) is 1.24. The topological polar surface area (TPSA) is 42.0 Å². The van der Waals surface area contributed by atoms with E-state index in [-0.39, 0.29) is 12.5 Å². The Kier molecular flexibility index (Phi) is 6.58. The number of hydrogen-bond acceptors (Lipinski definition) is 4. The van der Waals surface area contributed by atoms with Crippen molar-refractivity contribution in [2.75, 3.05) is 39.9 Å². The molecule has 0 aliphatic carbocycles. The van der Waals surface area contributed by atoms with E-state index in [1.165, 1.54) is 5.56 Å². The van der Waals surface area contributed by atoms with E-state index < -0.39 is 0 Å². The van der Waals surface area contributed by atoms with Crippen LogP contribution in [0.4, 0.5) is 0 Å². The van der Waals surface area contributed by atoms with E-state index in [0.717, 1.165) is 30.2 Å². The maximum atomic E-state index is 12.5. The predicted molar refractivity (Wildman–Crippen MR) is 107 cm³/mol. The second-order valence-electron chi connectivity index (χ2n) is 6.73. The number of aryl methyl sites for hydroxylation is 1. The Labute approximate surface area is 165 Å². The summed E-state index contributed by atoms with van der Waals surface area (Å²) in [4.78, 5) is 16.7. The average Bonchev–Trinajstić information content (AvgIpc) is 2.67. The molecule has 6 heteroatoms. The Bertz CT molecular complexity index is 789. The van der Waals surface area contributed by atoms with Crippen LogP contribution in [-0.2, 0) is 11.3 Å². The third-order valence-electron chi connectivity index (χ3n) is 4.69. The van der Waals surface area contributed by atoms with E-state index in [0.29, 0.717) is 24.6 Å². The minimum Gasteiger partial charge on any atom is -0.493 e. The highest BCUT2D eigenvalue weighted by molar-refractivity contribution is 6.30. The molecule has 1 fully saturated rings. The molecule has 0 saturated carbocycles. The van der Waals surface area contributed by atoms with Gasteiger partial charge in [0, 0.05) is 37.7 Å². The lowest BCUT2D eigenvalue weighted by Gasteiger charge is -2.34. The van der Waals surface area contributed by atoms with Crippen LogP contribution < -0.4 is 9.47 Å². The zero-order chi connectivity index (χ0) is 19.2. The second kappa shape index (κ2) is 9.11. The van der Waals surface area contributed by atoms with Crippen molar-refractivity contribution in [2.45, 2.75) is 13.5 Å². The normalized spacial score (nSPS) is 14.9. The van der Waals surface area contributed by atoms with Gasteiger partial charge in [-0.3, -0.25) is 9.69 Å². The molecule has 0 atom stereocenters. The van der Waals surface area contributed by atoms with Crippen molar-refractivity contribution >= 4 is 17.5 Å². The highest BCUT2D eigenvalue weighted by Crippen LogP contribution is 2.27. The van der Waals surface area contributed by atoms with Crippen molar-refractivity contribution in [2.24, 2.45) is 0 Å². The summed E-state index contributed by atoms with van der Waals surface area (Å²) in [5, 5.41) is 0.755. The summed E-state index contributed by atoms with van der Waals surface area (Å²) in [5.41, 5.74) is 2.28. The van der Waals surface area contributed by atoms with Gasteiger partial charge in [-0.15, -0.1) is 0 Å². The summed E-state index contributed by atoms with van der Waals surface area (Å²) in [6, 6.07) is 13.6. The first-order valence-electron chi connectivity index (χ1n) is 9.07. The van der Waals surface area contributed by atoms with Crippen LogP contribution >= 0.6 is 11.6 Å². The van der Waals surface area contributed by atoms with Gasteiger partial charge in [-0.1, -0.05) is 29.8 Å². The zero-order valence-electron chi connectivity index (χ0n) is 15.8. The van der Waals surface area contributed by atoms with Crippen LogP contribution in [-0.4, -0.2) is 55.6 Å². The number of carbonyl (C=O) groups is 1. The largest absolute Gasteiger partial charge is 0.493 e. The van der Waals surface area contributed by atoms with Gasteiger partial charge in [0.2, 0.25) is 0 Å². The van der Waals surface area contributed by atoms with Crippen molar-refractivity contribution in [1.82, 2.24) is 9.80 Å². The molecule has 144 valence electrons. The average molecular weight is 389 g/mol. The number of benzene rings is 2. The van der Waals surface area contributed by atoms with Crippen molar-refractivity contribution in [3.63, 3.8) is 0 Å². The first-order valence-corrected chi connectivity index (χ1v) is 9.45. The number of halogens is 1. The number of nitrogens with zero attached hydrogens (tertiary/aromatic N) is 2. The summed E-state index contributed by atoms with van der Waals surface area (Å²) in [6.45, 7) is 5.94. The van der Waals surface area contributed by atoms with Crippen LogP contribution in [0.3, 0.4) is 0 Å². The minimum absolute atomic E-state index is 0.0000311. The summed E-state index contributed by atoms with van der Waals surface area (Å²) in [7, 11) is 1.60. The maximum Gasteiger partial charge on any atom is 0.260 e. The van der Waals surface area contributed by atoms with Crippen molar-refractivity contribution < 1.29 is 14.3 Å². The second-order valence-corrected chi connectivity index (χ2v) is 7.17.